The summed E-state index contributed by atoms with van der Waals surface area (Å²) < 4.78 is 1.30. The maximum Gasteiger partial charge on any atom is 0.261 e. The van der Waals surface area contributed by atoms with Crippen molar-refractivity contribution >= 4 is 22.5 Å². The predicted molar refractivity (Wildman–Crippen MR) is 82.9 cm³/mol. The lowest BCUT2D eigenvalue weighted by Crippen LogP contribution is -2.33. The van der Waals surface area contributed by atoms with Crippen LogP contribution < -0.4 is 16.6 Å². The van der Waals surface area contributed by atoms with E-state index < -0.39 is 0 Å². The number of nitrogens with one attached hydrogen (secondary N) is 1. The molecule has 3 N–H and O–H groups in total. The minimum absolute atomic E-state index is 0.0331. The van der Waals surface area contributed by atoms with Crippen molar-refractivity contribution in [2.45, 2.75) is 26.8 Å². The van der Waals surface area contributed by atoms with Gasteiger partial charge in [-0.15, -0.1) is 0 Å². The van der Waals surface area contributed by atoms with Gasteiger partial charge in [0.25, 0.3) is 5.56 Å². The van der Waals surface area contributed by atoms with Crippen molar-refractivity contribution in [2.75, 3.05) is 12.3 Å². The molecule has 1 aromatic heterocycles. The third-order valence-corrected chi connectivity index (χ3v) is 3.21. The van der Waals surface area contributed by atoms with Crippen molar-refractivity contribution in [3.8, 4) is 0 Å². The highest BCUT2D eigenvalue weighted by atomic mass is 16.2. The number of hydrogen-bond donors (Lipinski definition) is 2. The van der Waals surface area contributed by atoms with Crippen LogP contribution >= 0.6 is 0 Å². The molecule has 0 aliphatic rings. The third-order valence-electron chi connectivity index (χ3n) is 3.21. The number of fused-ring (bicyclic) bond motifs is 1. The lowest BCUT2D eigenvalue weighted by atomic mass is 10.1. The topological polar surface area (TPSA) is 90.0 Å². The molecule has 0 saturated heterocycles. The van der Waals surface area contributed by atoms with E-state index in [1.807, 2.05) is 0 Å². The van der Waals surface area contributed by atoms with Crippen LogP contribution in [-0.2, 0) is 11.3 Å². The van der Waals surface area contributed by atoms with Crippen molar-refractivity contribution in [3.63, 3.8) is 0 Å². The fourth-order valence-corrected chi connectivity index (χ4v) is 2.00. The number of carbonyl (C=O) groups is 1. The molecule has 0 unspecified atom stereocenters. The van der Waals surface area contributed by atoms with Crippen LogP contribution in [-0.4, -0.2) is 22.0 Å². The number of rotatable bonds is 5. The molecule has 0 saturated carbocycles. The quantitative estimate of drug-likeness (QED) is 0.807. The fourth-order valence-electron chi connectivity index (χ4n) is 2.00. The smallest absolute Gasteiger partial charge is 0.261 e. The number of anilines is 1. The van der Waals surface area contributed by atoms with Gasteiger partial charge in [-0.1, -0.05) is 13.8 Å². The van der Waals surface area contributed by atoms with E-state index in [0.29, 0.717) is 29.1 Å². The number of aromatic nitrogens is 2. The molecule has 21 heavy (non-hydrogen) atoms. The number of nitrogen functional groups attached to an aromatic ring is 1. The maximum absolute atomic E-state index is 12.3. The number of nitrogens with two attached hydrogens (primary N) is 1. The van der Waals surface area contributed by atoms with Gasteiger partial charge < -0.3 is 11.1 Å². The number of nitrogens with zero attached hydrogens (tertiary/aromatic N) is 2. The molecular weight excluding hydrogens is 268 g/mol. The van der Waals surface area contributed by atoms with Crippen molar-refractivity contribution < 1.29 is 4.79 Å². The predicted octanol–water partition coefficient (Wildman–Crippen LogP) is 1.14. The van der Waals surface area contributed by atoms with E-state index >= 15 is 0 Å². The Hall–Kier alpha value is -2.37. The number of amides is 1. The Morgan fingerprint density at radius 2 is 2.19 bits per heavy atom. The Morgan fingerprint density at radius 3 is 2.90 bits per heavy atom. The van der Waals surface area contributed by atoms with Gasteiger partial charge in [-0.2, -0.15) is 0 Å². The summed E-state index contributed by atoms with van der Waals surface area (Å²) in [5, 5.41) is 3.22. The molecule has 0 atom stereocenters. The second-order valence-electron chi connectivity index (χ2n) is 5.49. The molecule has 6 nitrogen and oxygen atoms in total. The second-order valence-corrected chi connectivity index (χ2v) is 5.49. The van der Waals surface area contributed by atoms with Crippen LogP contribution in [0.4, 0.5) is 5.69 Å². The highest BCUT2D eigenvalue weighted by molar-refractivity contribution is 5.81. The van der Waals surface area contributed by atoms with E-state index in [2.05, 4.69) is 24.1 Å². The molecule has 0 aliphatic carbocycles. The summed E-state index contributed by atoms with van der Waals surface area (Å²) in [5.41, 5.74) is 6.50. The van der Waals surface area contributed by atoms with Crippen LogP contribution in [0.5, 0.6) is 0 Å². The zero-order chi connectivity index (χ0) is 15.4. The Balaban J connectivity index is 2.14. The van der Waals surface area contributed by atoms with E-state index in [-0.39, 0.29) is 18.0 Å². The molecule has 0 fully saturated rings. The summed E-state index contributed by atoms with van der Waals surface area (Å²) in [6.45, 7) is 4.76. The van der Waals surface area contributed by atoms with Crippen molar-refractivity contribution in [1.82, 2.24) is 14.9 Å². The first-order chi connectivity index (χ1) is 9.97. The lowest BCUT2D eigenvalue weighted by molar-refractivity contribution is -0.121. The Morgan fingerprint density at radius 1 is 1.43 bits per heavy atom. The second kappa shape index (κ2) is 6.39. The molecule has 1 heterocycles. The summed E-state index contributed by atoms with van der Waals surface area (Å²) in [6, 6.07) is 4.97. The SMILES string of the molecule is CC(C)CCNC(=O)Cn1cnc2ccc(N)cc2c1=O. The van der Waals surface area contributed by atoms with E-state index in [9.17, 15) is 9.59 Å². The number of benzene rings is 1. The van der Waals surface area contributed by atoms with Crippen LogP contribution in [0.2, 0.25) is 0 Å². The van der Waals surface area contributed by atoms with E-state index in [4.69, 9.17) is 5.73 Å². The molecular formula is C15H20N4O2. The molecule has 1 amide bonds. The van der Waals surface area contributed by atoms with Crippen LogP contribution in [0.15, 0.2) is 29.3 Å². The van der Waals surface area contributed by atoms with E-state index in [1.165, 1.54) is 10.9 Å². The average molecular weight is 288 g/mol. The molecule has 0 bridgehead atoms. The van der Waals surface area contributed by atoms with Gasteiger partial charge in [-0.05, 0) is 30.5 Å². The van der Waals surface area contributed by atoms with E-state index in [1.54, 1.807) is 18.2 Å². The number of hydrogen-bond acceptors (Lipinski definition) is 4. The van der Waals surface area contributed by atoms with Gasteiger partial charge in [0, 0.05) is 12.2 Å². The zero-order valence-corrected chi connectivity index (χ0v) is 12.3. The van der Waals surface area contributed by atoms with E-state index in [0.717, 1.165) is 6.42 Å². The normalized spacial score (nSPS) is 11.0. The first-order valence-corrected chi connectivity index (χ1v) is 6.98. The maximum atomic E-state index is 12.3. The van der Waals surface area contributed by atoms with Gasteiger partial charge in [0.2, 0.25) is 5.91 Å². The summed E-state index contributed by atoms with van der Waals surface area (Å²) >= 11 is 0. The van der Waals surface area contributed by atoms with Gasteiger partial charge in [-0.25, -0.2) is 4.98 Å². The molecule has 0 spiro atoms. The van der Waals surface area contributed by atoms with Gasteiger partial charge in [0.1, 0.15) is 6.54 Å². The lowest BCUT2D eigenvalue weighted by Gasteiger charge is -2.09. The highest BCUT2D eigenvalue weighted by Crippen LogP contribution is 2.10. The van der Waals surface area contributed by atoms with Gasteiger partial charge >= 0.3 is 0 Å². The zero-order valence-electron chi connectivity index (χ0n) is 12.3. The molecule has 0 radical (unpaired) electrons. The summed E-state index contributed by atoms with van der Waals surface area (Å²) in [5.74, 6) is 0.334. The van der Waals surface area contributed by atoms with Crippen LogP contribution in [0, 0.1) is 5.92 Å². The first kappa shape index (κ1) is 15.0. The van der Waals surface area contributed by atoms with Gasteiger partial charge in [-0.3, -0.25) is 14.2 Å². The van der Waals surface area contributed by atoms with Crippen LogP contribution in [0.25, 0.3) is 10.9 Å². The van der Waals surface area contributed by atoms with Crippen molar-refractivity contribution in [1.29, 1.82) is 0 Å². The Kier molecular flexibility index (Phi) is 4.57. The highest BCUT2D eigenvalue weighted by Gasteiger charge is 2.08. The molecule has 6 heteroatoms. The fraction of sp³-hybridized carbons (Fsp3) is 0.400. The first-order valence-electron chi connectivity index (χ1n) is 6.98. The van der Waals surface area contributed by atoms with Crippen LogP contribution in [0.3, 0.4) is 0 Å². The third kappa shape index (κ3) is 3.81. The van der Waals surface area contributed by atoms with Crippen LogP contribution in [0.1, 0.15) is 20.3 Å². The Labute approximate surface area is 123 Å². The molecule has 112 valence electrons. The average Bonchev–Trinajstić information content (AvgIpc) is 2.42. The minimum Gasteiger partial charge on any atom is -0.399 e. The van der Waals surface area contributed by atoms with Gasteiger partial charge in [0.15, 0.2) is 0 Å². The summed E-state index contributed by atoms with van der Waals surface area (Å²) in [4.78, 5) is 28.3. The monoisotopic (exact) mass is 288 g/mol. The molecule has 1 aromatic carbocycles. The standard InChI is InChI=1S/C15H20N4O2/c1-10(2)5-6-17-14(20)8-19-9-18-13-4-3-11(16)7-12(13)15(19)21/h3-4,7,9-10H,5-6,8,16H2,1-2H3,(H,17,20). The van der Waals surface area contributed by atoms with Crippen molar-refractivity contribution in [2.24, 2.45) is 5.92 Å². The molecule has 2 aromatic rings. The number of carbonyl (C=O) groups excluding carboxylic acids is 1. The minimum atomic E-state index is -0.258. The summed E-state index contributed by atoms with van der Waals surface area (Å²) in [7, 11) is 0. The largest absolute Gasteiger partial charge is 0.399 e. The molecule has 2 rings (SSSR count). The van der Waals surface area contributed by atoms with Crippen molar-refractivity contribution in [3.05, 3.63) is 34.9 Å². The molecule has 0 aliphatic heterocycles. The Bertz CT molecular complexity index is 706. The summed E-state index contributed by atoms with van der Waals surface area (Å²) in [6.07, 6.45) is 2.30. The van der Waals surface area contributed by atoms with Gasteiger partial charge in [0.05, 0.1) is 17.2 Å².